The van der Waals surface area contributed by atoms with E-state index in [0.717, 1.165) is 5.71 Å². The van der Waals surface area contributed by atoms with Gasteiger partial charge >= 0.3 is 0 Å². The first-order chi connectivity index (χ1) is 4.67. The smallest absolute Gasteiger partial charge is 0.0599 e. The fraction of sp³-hybridized carbons (Fsp3) is 0.900. The van der Waals surface area contributed by atoms with Gasteiger partial charge in [0, 0.05) is 5.71 Å². The highest BCUT2D eigenvalue weighted by Crippen LogP contribution is 2.32. The van der Waals surface area contributed by atoms with Gasteiger partial charge in [0.05, 0.1) is 5.54 Å². The molecule has 0 fully saturated rings. The third-order valence-corrected chi connectivity index (χ3v) is 2.34. The summed E-state index contributed by atoms with van der Waals surface area (Å²) in [6.07, 6.45) is 0. The lowest BCUT2D eigenvalue weighted by Crippen LogP contribution is -2.35. The van der Waals surface area contributed by atoms with Gasteiger partial charge in [0.2, 0.25) is 0 Å². The number of nitrogens with zero attached hydrogens (tertiary/aromatic N) is 1. The lowest BCUT2D eigenvalue weighted by molar-refractivity contribution is 0.233. The van der Waals surface area contributed by atoms with Crippen LogP contribution in [-0.4, -0.2) is 11.3 Å². The van der Waals surface area contributed by atoms with Crippen molar-refractivity contribution in [3.8, 4) is 0 Å². The molecule has 0 amide bonds. The first-order valence-electron chi connectivity index (χ1n) is 4.20. The van der Waals surface area contributed by atoms with Gasteiger partial charge in [-0.25, -0.2) is 0 Å². The van der Waals surface area contributed by atoms with Crippen molar-refractivity contribution in [2.24, 2.45) is 10.4 Å². The lowest BCUT2D eigenvalue weighted by atomic mass is 9.77. The van der Waals surface area contributed by atoms with Gasteiger partial charge in [0.15, 0.2) is 0 Å². The normalized spacial score (nSPS) is 13.0. The minimum absolute atomic E-state index is 0.0475. The first kappa shape index (κ1) is 10.7. The molecule has 0 N–H and O–H groups in total. The molecule has 0 bridgehead atoms. The van der Waals surface area contributed by atoms with Crippen LogP contribution in [0.1, 0.15) is 48.5 Å². The molecule has 0 aromatic heterocycles. The van der Waals surface area contributed by atoms with Gasteiger partial charge in [0.1, 0.15) is 0 Å². The van der Waals surface area contributed by atoms with Crippen molar-refractivity contribution in [3.05, 3.63) is 0 Å². The Morgan fingerprint density at radius 3 is 1.36 bits per heavy atom. The summed E-state index contributed by atoms with van der Waals surface area (Å²) < 4.78 is 0. The lowest BCUT2D eigenvalue weighted by Gasteiger charge is -2.35. The monoisotopic (exact) mass is 155 g/mol. The fourth-order valence-corrected chi connectivity index (χ4v) is 0.727. The zero-order valence-corrected chi connectivity index (χ0v) is 8.95. The number of hydrogen-bond acceptors (Lipinski definition) is 1. The summed E-state index contributed by atoms with van der Waals surface area (Å²) in [5, 5.41) is 0. The van der Waals surface area contributed by atoms with E-state index >= 15 is 0 Å². The predicted molar refractivity (Wildman–Crippen MR) is 52.3 cm³/mol. The second kappa shape index (κ2) is 2.96. The molecule has 0 unspecified atom stereocenters. The van der Waals surface area contributed by atoms with E-state index in [9.17, 15) is 0 Å². The maximum atomic E-state index is 4.60. The van der Waals surface area contributed by atoms with Crippen LogP contribution in [-0.2, 0) is 0 Å². The Bertz CT molecular complexity index is 154. The Labute approximate surface area is 70.9 Å². The van der Waals surface area contributed by atoms with Gasteiger partial charge in [-0.1, -0.05) is 20.8 Å². The Balaban J connectivity index is 4.61. The molecule has 66 valence electrons. The third kappa shape index (κ3) is 3.04. The van der Waals surface area contributed by atoms with Crippen molar-refractivity contribution in [3.63, 3.8) is 0 Å². The molecule has 0 atom stereocenters. The van der Waals surface area contributed by atoms with Gasteiger partial charge in [-0.2, -0.15) is 0 Å². The molecule has 1 heteroatoms. The van der Waals surface area contributed by atoms with Crippen molar-refractivity contribution in [2.45, 2.75) is 54.0 Å². The minimum Gasteiger partial charge on any atom is -0.288 e. The van der Waals surface area contributed by atoms with E-state index in [1.165, 1.54) is 0 Å². The summed E-state index contributed by atoms with van der Waals surface area (Å²) in [5.41, 5.74) is 1.45. The third-order valence-electron chi connectivity index (χ3n) is 2.34. The van der Waals surface area contributed by atoms with Crippen LogP contribution in [0.5, 0.6) is 0 Å². The van der Waals surface area contributed by atoms with Crippen LogP contribution >= 0.6 is 0 Å². The first-order valence-corrected chi connectivity index (χ1v) is 4.20. The molecule has 0 aliphatic heterocycles. The average molecular weight is 155 g/mol. The van der Waals surface area contributed by atoms with Crippen molar-refractivity contribution in [2.75, 3.05) is 0 Å². The van der Waals surface area contributed by atoms with E-state index in [2.05, 4.69) is 39.6 Å². The molecule has 0 saturated carbocycles. The van der Waals surface area contributed by atoms with Crippen LogP contribution in [0.25, 0.3) is 0 Å². The zero-order chi connectivity index (χ0) is 9.28. The molecule has 0 aliphatic carbocycles. The summed E-state index contributed by atoms with van der Waals surface area (Å²) in [7, 11) is 0. The zero-order valence-electron chi connectivity index (χ0n) is 8.95. The molecule has 11 heavy (non-hydrogen) atoms. The van der Waals surface area contributed by atoms with E-state index in [1.807, 2.05) is 13.8 Å². The molecule has 0 saturated heterocycles. The minimum atomic E-state index is 0.0475. The molecule has 0 aromatic carbocycles. The molecule has 0 spiro atoms. The summed E-state index contributed by atoms with van der Waals surface area (Å²) in [5.74, 6) is 0. The topological polar surface area (TPSA) is 12.4 Å². The van der Waals surface area contributed by atoms with Gasteiger partial charge in [-0.05, 0) is 33.1 Å². The van der Waals surface area contributed by atoms with Crippen molar-refractivity contribution in [1.82, 2.24) is 0 Å². The van der Waals surface area contributed by atoms with E-state index in [4.69, 9.17) is 0 Å². The highest BCUT2D eigenvalue weighted by Gasteiger charge is 2.31. The Kier molecular flexibility index (Phi) is 2.87. The molecule has 0 heterocycles. The number of hydrogen-bond donors (Lipinski definition) is 0. The summed E-state index contributed by atoms with van der Waals surface area (Å²) in [6, 6.07) is 0. The van der Waals surface area contributed by atoms with Gasteiger partial charge in [-0.15, -0.1) is 0 Å². The molecular formula is C10H21N. The maximum Gasteiger partial charge on any atom is 0.0599 e. The highest BCUT2D eigenvalue weighted by molar-refractivity contribution is 5.79. The fourth-order valence-electron chi connectivity index (χ4n) is 0.727. The molecular weight excluding hydrogens is 134 g/mol. The van der Waals surface area contributed by atoms with Crippen LogP contribution in [0, 0.1) is 5.41 Å². The quantitative estimate of drug-likeness (QED) is 0.515. The maximum absolute atomic E-state index is 4.60. The van der Waals surface area contributed by atoms with Gasteiger partial charge < -0.3 is 0 Å². The molecule has 0 aliphatic rings. The van der Waals surface area contributed by atoms with E-state index in [1.54, 1.807) is 0 Å². The second-order valence-corrected chi connectivity index (χ2v) is 4.87. The van der Waals surface area contributed by atoms with Crippen molar-refractivity contribution >= 4 is 5.71 Å². The molecule has 0 rings (SSSR count). The van der Waals surface area contributed by atoms with Crippen LogP contribution in [0.15, 0.2) is 4.99 Å². The molecule has 0 radical (unpaired) electrons. The summed E-state index contributed by atoms with van der Waals surface area (Å²) in [4.78, 5) is 4.60. The van der Waals surface area contributed by atoms with Gasteiger partial charge in [-0.3, -0.25) is 4.99 Å². The average Bonchev–Trinajstić information content (AvgIpc) is 1.56. The SMILES string of the molecule is CC(C)=NC(C)(C)C(C)(C)C. The largest absolute Gasteiger partial charge is 0.288 e. The van der Waals surface area contributed by atoms with Crippen molar-refractivity contribution in [1.29, 1.82) is 0 Å². The van der Waals surface area contributed by atoms with E-state index < -0.39 is 0 Å². The van der Waals surface area contributed by atoms with Crippen LogP contribution < -0.4 is 0 Å². The number of rotatable bonds is 1. The highest BCUT2D eigenvalue weighted by atomic mass is 14.9. The Hall–Kier alpha value is -0.330. The van der Waals surface area contributed by atoms with Crippen molar-refractivity contribution < 1.29 is 0 Å². The second-order valence-electron chi connectivity index (χ2n) is 4.87. The molecule has 1 nitrogen and oxygen atoms in total. The number of aliphatic imine (C=N–C) groups is 1. The van der Waals surface area contributed by atoms with Crippen LogP contribution in [0.3, 0.4) is 0 Å². The van der Waals surface area contributed by atoms with E-state index in [0.29, 0.717) is 0 Å². The molecule has 0 aromatic rings. The Morgan fingerprint density at radius 2 is 1.27 bits per heavy atom. The Morgan fingerprint density at radius 1 is 0.909 bits per heavy atom. The van der Waals surface area contributed by atoms with E-state index in [-0.39, 0.29) is 11.0 Å². The van der Waals surface area contributed by atoms with Crippen LogP contribution in [0.2, 0.25) is 0 Å². The van der Waals surface area contributed by atoms with Crippen LogP contribution in [0.4, 0.5) is 0 Å². The van der Waals surface area contributed by atoms with Gasteiger partial charge in [0.25, 0.3) is 0 Å². The standard InChI is InChI=1S/C10H21N/c1-8(2)11-10(6,7)9(3,4)5/h1-7H3. The summed E-state index contributed by atoms with van der Waals surface area (Å²) >= 11 is 0. The predicted octanol–water partition coefficient (Wildman–Crippen LogP) is 3.29. The summed E-state index contributed by atoms with van der Waals surface area (Å²) in [6.45, 7) is 15.1.